The van der Waals surface area contributed by atoms with Crippen LogP contribution in [0, 0.1) is 11.8 Å². The van der Waals surface area contributed by atoms with Crippen LogP contribution < -0.4 is 10.6 Å². The maximum Gasteiger partial charge on any atom is 0.293 e. The second-order valence-corrected chi connectivity index (χ2v) is 4.54. The maximum atomic E-state index is 11.4. The first-order valence-electron chi connectivity index (χ1n) is 6.21. The number of rotatable bonds is 6. The van der Waals surface area contributed by atoms with E-state index in [-0.39, 0.29) is 30.8 Å². The van der Waals surface area contributed by atoms with Crippen molar-refractivity contribution in [3.63, 3.8) is 0 Å². The van der Waals surface area contributed by atoms with E-state index in [9.17, 15) is 14.4 Å². The highest BCUT2D eigenvalue weighted by molar-refractivity contribution is 5.78. The second kappa shape index (κ2) is 7.68. The minimum absolute atomic E-state index is 0.108. The Morgan fingerprint density at radius 1 is 1.28 bits per heavy atom. The fraction of sp³-hybridized carbons (Fsp3) is 0.750. The van der Waals surface area contributed by atoms with Crippen molar-refractivity contribution in [2.75, 3.05) is 20.2 Å². The summed E-state index contributed by atoms with van der Waals surface area (Å²) >= 11 is 0. The first kappa shape index (κ1) is 14.5. The van der Waals surface area contributed by atoms with Crippen molar-refractivity contribution in [3.05, 3.63) is 0 Å². The van der Waals surface area contributed by atoms with E-state index in [2.05, 4.69) is 15.4 Å². The molecule has 0 aliphatic heterocycles. The molecule has 0 atom stereocenters. The van der Waals surface area contributed by atoms with Crippen molar-refractivity contribution >= 4 is 18.3 Å². The average Bonchev–Trinajstić information content (AvgIpc) is 2.42. The Bertz CT molecular complexity index is 298. The minimum atomic E-state index is -0.282. The first-order valence-corrected chi connectivity index (χ1v) is 6.21. The van der Waals surface area contributed by atoms with Crippen LogP contribution in [-0.4, -0.2) is 38.5 Å². The summed E-state index contributed by atoms with van der Waals surface area (Å²) in [7, 11) is 1.65. The largest absolute Gasteiger partial charge is 0.458 e. The van der Waals surface area contributed by atoms with Gasteiger partial charge in [-0.15, -0.1) is 0 Å². The molecule has 6 heteroatoms. The molecule has 1 rings (SSSR count). The number of nitrogens with one attached hydrogen (secondary N) is 2. The summed E-state index contributed by atoms with van der Waals surface area (Å²) in [6, 6.07) is 0. The van der Waals surface area contributed by atoms with E-state index in [4.69, 9.17) is 0 Å². The van der Waals surface area contributed by atoms with Gasteiger partial charge in [0, 0.05) is 19.5 Å². The van der Waals surface area contributed by atoms with Gasteiger partial charge in [-0.05, 0) is 31.6 Å². The summed E-state index contributed by atoms with van der Waals surface area (Å²) in [5.41, 5.74) is 0. The monoisotopic (exact) mass is 256 g/mol. The average molecular weight is 256 g/mol. The molecule has 0 radical (unpaired) electrons. The number of hydrogen-bond donors (Lipinski definition) is 2. The van der Waals surface area contributed by atoms with Crippen LogP contribution in [-0.2, 0) is 19.1 Å². The molecule has 0 saturated heterocycles. The summed E-state index contributed by atoms with van der Waals surface area (Å²) in [4.78, 5) is 32.5. The Kier molecular flexibility index (Phi) is 6.18. The zero-order valence-corrected chi connectivity index (χ0v) is 10.6. The highest BCUT2D eigenvalue weighted by Gasteiger charge is 2.25. The van der Waals surface area contributed by atoms with E-state index in [1.165, 1.54) is 0 Å². The molecule has 0 aromatic heterocycles. The summed E-state index contributed by atoms with van der Waals surface area (Å²) in [6.07, 6.45) is 3.61. The number of hydrogen-bond acceptors (Lipinski definition) is 4. The van der Waals surface area contributed by atoms with Crippen LogP contribution in [0.4, 0.5) is 0 Å². The van der Waals surface area contributed by atoms with Crippen molar-refractivity contribution in [2.45, 2.75) is 25.7 Å². The molecule has 1 aliphatic carbocycles. The molecule has 18 heavy (non-hydrogen) atoms. The Balaban J connectivity index is 2.17. The molecule has 1 aliphatic rings. The van der Waals surface area contributed by atoms with Gasteiger partial charge < -0.3 is 15.4 Å². The Morgan fingerprint density at radius 2 is 1.94 bits per heavy atom. The second-order valence-electron chi connectivity index (χ2n) is 4.54. The molecule has 102 valence electrons. The minimum Gasteiger partial charge on any atom is -0.458 e. The standard InChI is InChI=1S/C12H20N2O4/c1-13-12(17)10-4-2-9(3-5-10)6-14-11(16)7-18-8-15/h8-10H,2-7H2,1H3,(H,13,17)(H,14,16). The summed E-state index contributed by atoms with van der Waals surface area (Å²) in [5.74, 6) is 0.346. The summed E-state index contributed by atoms with van der Waals surface area (Å²) in [6.45, 7) is 0.618. The number of ether oxygens (including phenoxy) is 1. The molecule has 0 unspecified atom stereocenters. The van der Waals surface area contributed by atoms with Gasteiger partial charge in [-0.3, -0.25) is 14.4 Å². The maximum absolute atomic E-state index is 11.4. The van der Waals surface area contributed by atoms with E-state index < -0.39 is 0 Å². The number of carbonyl (C=O) groups is 3. The molecule has 0 aromatic carbocycles. The van der Waals surface area contributed by atoms with Crippen molar-refractivity contribution in [2.24, 2.45) is 11.8 Å². The van der Waals surface area contributed by atoms with E-state index >= 15 is 0 Å². The van der Waals surface area contributed by atoms with Crippen molar-refractivity contribution in [1.82, 2.24) is 10.6 Å². The lowest BCUT2D eigenvalue weighted by Crippen LogP contribution is -2.36. The highest BCUT2D eigenvalue weighted by atomic mass is 16.5. The molecular weight excluding hydrogens is 236 g/mol. The van der Waals surface area contributed by atoms with Crippen molar-refractivity contribution in [3.8, 4) is 0 Å². The van der Waals surface area contributed by atoms with Crippen LogP contribution >= 0.6 is 0 Å². The number of amides is 2. The molecule has 6 nitrogen and oxygen atoms in total. The number of carbonyl (C=O) groups excluding carboxylic acids is 3. The molecule has 0 heterocycles. The third-order valence-electron chi connectivity index (χ3n) is 3.33. The van der Waals surface area contributed by atoms with Gasteiger partial charge in [0.25, 0.3) is 12.4 Å². The Morgan fingerprint density at radius 3 is 2.50 bits per heavy atom. The van der Waals surface area contributed by atoms with Gasteiger partial charge >= 0.3 is 0 Å². The lowest BCUT2D eigenvalue weighted by atomic mass is 9.81. The predicted octanol–water partition coefficient (Wildman–Crippen LogP) is -0.172. The van der Waals surface area contributed by atoms with E-state index in [0.29, 0.717) is 12.5 Å². The molecule has 1 saturated carbocycles. The van der Waals surface area contributed by atoms with Crippen LogP contribution in [0.25, 0.3) is 0 Å². The van der Waals surface area contributed by atoms with Gasteiger partial charge in [-0.1, -0.05) is 0 Å². The fourth-order valence-electron chi connectivity index (χ4n) is 2.25. The van der Waals surface area contributed by atoms with Gasteiger partial charge in [0.05, 0.1) is 0 Å². The molecule has 0 spiro atoms. The molecule has 0 bridgehead atoms. The quantitative estimate of drug-likeness (QED) is 0.646. The van der Waals surface area contributed by atoms with Crippen LogP contribution in [0.2, 0.25) is 0 Å². The Labute approximate surface area is 106 Å². The van der Waals surface area contributed by atoms with Crippen LogP contribution in [0.5, 0.6) is 0 Å². The zero-order chi connectivity index (χ0) is 13.4. The van der Waals surface area contributed by atoms with Gasteiger partial charge in [0.15, 0.2) is 6.61 Å². The SMILES string of the molecule is CNC(=O)C1CCC(CNC(=O)COC=O)CC1. The Hall–Kier alpha value is -1.59. The van der Waals surface area contributed by atoms with Gasteiger partial charge in [0.1, 0.15) is 0 Å². The summed E-state index contributed by atoms with van der Waals surface area (Å²) < 4.78 is 4.35. The topological polar surface area (TPSA) is 84.5 Å². The molecule has 0 aromatic rings. The lowest BCUT2D eigenvalue weighted by Gasteiger charge is -2.27. The molecule has 2 N–H and O–H groups in total. The van der Waals surface area contributed by atoms with E-state index in [1.807, 2.05) is 0 Å². The molecule has 1 fully saturated rings. The van der Waals surface area contributed by atoms with Crippen molar-refractivity contribution < 1.29 is 19.1 Å². The summed E-state index contributed by atoms with van der Waals surface area (Å²) in [5, 5.41) is 5.39. The normalized spacial score (nSPS) is 22.9. The van der Waals surface area contributed by atoms with E-state index in [0.717, 1.165) is 25.7 Å². The van der Waals surface area contributed by atoms with Crippen LogP contribution in [0.3, 0.4) is 0 Å². The lowest BCUT2D eigenvalue weighted by molar-refractivity contribution is -0.137. The van der Waals surface area contributed by atoms with Gasteiger partial charge in [0.2, 0.25) is 5.91 Å². The molecular formula is C12H20N2O4. The fourth-order valence-corrected chi connectivity index (χ4v) is 2.25. The van der Waals surface area contributed by atoms with Gasteiger partial charge in [-0.2, -0.15) is 0 Å². The molecule has 2 amide bonds. The highest BCUT2D eigenvalue weighted by Crippen LogP contribution is 2.28. The third-order valence-corrected chi connectivity index (χ3v) is 3.33. The third kappa shape index (κ3) is 4.73. The van der Waals surface area contributed by atoms with Crippen LogP contribution in [0.15, 0.2) is 0 Å². The zero-order valence-electron chi connectivity index (χ0n) is 10.6. The van der Waals surface area contributed by atoms with E-state index in [1.54, 1.807) is 7.05 Å². The van der Waals surface area contributed by atoms with Crippen LogP contribution in [0.1, 0.15) is 25.7 Å². The van der Waals surface area contributed by atoms with Gasteiger partial charge in [-0.25, -0.2) is 0 Å². The smallest absolute Gasteiger partial charge is 0.293 e. The first-order chi connectivity index (χ1) is 8.67. The predicted molar refractivity (Wildman–Crippen MR) is 64.5 cm³/mol. The van der Waals surface area contributed by atoms with Crippen molar-refractivity contribution in [1.29, 1.82) is 0 Å².